The van der Waals surface area contributed by atoms with Crippen LogP contribution in [0.4, 0.5) is 0 Å². The predicted molar refractivity (Wildman–Crippen MR) is 107 cm³/mol. The van der Waals surface area contributed by atoms with Crippen LogP contribution in [0.15, 0.2) is 48.9 Å². The Morgan fingerprint density at radius 1 is 1.14 bits per heavy atom. The van der Waals surface area contributed by atoms with E-state index < -0.39 is 0 Å². The van der Waals surface area contributed by atoms with Crippen molar-refractivity contribution in [2.45, 2.75) is 32.1 Å². The number of aryl methyl sites for hydroxylation is 1. The molecule has 1 N–H and O–H groups in total. The second kappa shape index (κ2) is 8.52. The number of aliphatic hydroxyl groups excluding tert-OH is 1. The van der Waals surface area contributed by atoms with Gasteiger partial charge in [0.05, 0.1) is 6.20 Å². The molecule has 3 heterocycles. The van der Waals surface area contributed by atoms with Crippen molar-refractivity contribution in [1.82, 2.24) is 19.5 Å². The number of rotatable bonds is 6. The Morgan fingerprint density at radius 2 is 2.00 bits per heavy atom. The fourth-order valence-corrected chi connectivity index (χ4v) is 3.99. The van der Waals surface area contributed by atoms with Crippen LogP contribution in [-0.4, -0.2) is 50.2 Å². The molecule has 1 fully saturated rings. The van der Waals surface area contributed by atoms with Gasteiger partial charge in [-0.3, -0.25) is 4.79 Å². The molecule has 146 valence electrons. The summed E-state index contributed by atoms with van der Waals surface area (Å²) in [6.45, 7) is 1.66. The van der Waals surface area contributed by atoms with Gasteiger partial charge in [-0.25, -0.2) is 9.50 Å². The highest BCUT2D eigenvalue weighted by Crippen LogP contribution is 2.24. The first kappa shape index (κ1) is 18.6. The van der Waals surface area contributed by atoms with Gasteiger partial charge in [0.15, 0.2) is 5.65 Å². The van der Waals surface area contributed by atoms with Crippen LogP contribution in [0.2, 0.25) is 0 Å². The highest BCUT2D eigenvalue weighted by Gasteiger charge is 2.26. The molecule has 1 aliphatic heterocycles. The van der Waals surface area contributed by atoms with Crippen LogP contribution in [0, 0.1) is 5.92 Å². The van der Waals surface area contributed by atoms with E-state index in [0.29, 0.717) is 23.5 Å². The lowest BCUT2D eigenvalue weighted by atomic mass is 9.91. The van der Waals surface area contributed by atoms with Crippen LogP contribution >= 0.6 is 0 Å². The number of nitrogens with zero attached hydrogens (tertiary/aromatic N) is 4. The number of hydrogen-bond acceptors (Lipinski definition) is 4. The molecule has 1 saturated heterocycles. The summed E-state index contributed by atoms with van der Waals surface area (Å²) >= 11 is 0. The minimum atomic E-state index is 0.0156. The summed E-state index contributed by atoms with van der Waals surface area (Å²) in [5.74, 6) is 0.547. The lowest BCUT2D eigenvalue weighted by molar-refractivity contribution is 0.0670. The standard InChI is InChI=1S/C22H26N4O2/c27-12-10-19-13-23-21-20(14-24-26(21)16-19)22(28)25-11-4-7-18(15-25)9-8-17-5-2-1-3-6-17/h1-3,5-6,13-14,16,18,27H,4,7-12,15H2. The topological polar surface area (TPSA) is 70.7 Å². The third kappa shape index (κ3) is 4.07. The number of carbonyl (C=O) groups is 1. The van der Waals surface area contributed by atoms with E-state index in [1.165, 1.54) is 12.0 Å². The number of carbonyl (C=O) groups excluding carboxylic acids is 1. The molecule has 1 aromatic carbocycles. The van der Waals surface area contributed by atoms with Gasteiger partial charge >= 0.3 is 0 Å². The minimum absolute atomic E-state index is 0.0156. The summed E-state index contributed by atoms with van der Waals surface area (Å²) in [4.78, 5) is 19.5. The van der Waals surface area contributed by atoms with Gasteiger partial charge in [0, 0.05) is 32.1 Å². The third-order valence-corrected chi connectivity index (χ3v) is 5.53. The van der Waals surface area contributed by atoms with Crippen LogP contribution in [-0.2, 0) is 12.8 Å². The molecule has 1 unspecified atom stereocenters. The zero-order valence-electron chi connectivity index (χ0n) is 16.0. The molecule has 1 aliphatic rings. The molecule has 0 spiro atoms. The molecule has 0 aliphatic carbocycles. The molecule has 4 rings (SSSR count). The van der Waals surface area contributed by atoms with Gasteiger partial charge in [-0.15, -0.1) is 0 Å². The average molecular weight is 378 g/mol. The molecule has 1 amide bonds. The van der Waals surface area contributed by atoms with Crippen LogP contribution in [0.3, 0.4) is 0 Å². The van der Waals surface area contributed by atoms with E-state index >= 15 is 0 Å². The zero-order chi connectivity index (χ0) is 19.3. The lowest BCUT2D eigenvalue weighted by Crippen LogP contribution is -2.40. The van der Waals surface area contributed by atoms with Gasteiger partial charge in [-0.2, -0.15) is 5.10 Å². The number of aromatic nitrogens is 3. The van der Waals surface area contributed by atoms with E-state index in [1.807, 2.05) is 17.2 Å². The predicted octanol–water partition coefficient (Wildman–Crippen LogP) is 2.75. The minimum Gasteiger partial charge on any atom is -0.396 e. The SMILES string of the molecule is O=C(c1cnn2cc(CCO)cnc12)N1CCCC(CCc2ccccc2)C1. The normalized spacial score (nSPS) is 17.2. The number of fused-ring (bicyclic) bond motifs is 1. The Balaban J connectivity index is 1.43. The first-order valence-electron chi connectivity index (χ1n) is 10.0. The maximum Gasteiger partial charge on any atom is 0.259 e. The average Bonchev–Trinajstić information content (AvgIpc) is 3.16. The first-order chi connectivity index (χ1) is 13.7. The van der Waals surface area contributed by atoms with Crippen LogP contribution in [0.25, 0.3) is 5.65 Å². The highest BCUT2D eigenvalue weighted by molar-refractivity contribution is 5.99. The van der Waals surface area contributed by atoms with Crippen LogP contribution in [0.1, 0.15) is 40.7 Å². The largest absolute Gasteiger partial charge is 0.396 e. The maximum atomic E-state index is 13.1. The summed E-state index contributed by atoms with van der Waals surface area (Å²) in [6.07, 6.45) is 10.1. The van der Waals surface area contributed by atoms with Crippen molar-refractivity contribution in [2.75, 3.05) is 19.7 Å². The number of likely N-dealkylation sites (tertiary alicyclic amines) is 1. The van der Waals surface area contributed by atoms with Gasteiger partial charge < -0.3 is 10.0 Å². The third-order valence-electron chi connectivity index (χ3n) is 5.53. The van der Waals surface area contributed by atoms with Crippen LogP contribution < -0.4 is 0 Å². The monoisotopic (exact) mass is 378 g/mol. The lowest BCUT2D eigenvalue weighted by Gasteiger charge is -2.32. The molecule has 3 aromatic rings. The summed E-state index contributed by atoms with van der Waals surface area (Å²) in [7, 11) is 0. The molecular weight excluding hydrogens is 352 g/mol. The van der Waals surface area contributed by atoms with Crippen molar-refractivity contribution < 1.29 is 9.90 Å². The van der Waals surface area contributed by atoms with Crippen molar-refractivity contribution in [2.24, 2.45) is 5.92 Å². The van der Waals surface area contributed by atoms with Crippen molar-refractivity contribution in [1.29, 1.82) is 0 Å². The Kier molecular flexibility index (Phi) is 5.67. The molecule has 6 heteroatoms. The zero-order valence-corrected chi connectivity index (χ0v) is 16.0. The Labute approximate surface area is 164 Å². The summed E-state index contributed by atoms with van der Waals surface area (Å²) in [6, 6.07) is 10.5. The second-order valence-corrected chi connectivity index (χ2v) is 7.55. The van der Waals surface area contributed by atoms with E-state index in [4.69, 9.17) is 5.11 Å². The van der Waals surface area contributed by atoms with Crippen molar-refractivity contribution >= 4 is 11.6 Å². The summed E-state index contributed by atoms with van der Waals surface area (Å²) < 4.78 is 1.63. The Bertz CT molecular complexity index is 938. The molecule has 6 nitrogen and oxygen atoms in total. The summed E-state index contributed by atoms with van der Waals surface area (Å²) in [5, 5.41) is 13.4. The second-order valence-electron chi connectivity index (χ2n) is 7.55. The fraction of sp³-hybridized carbons (Fsp3) is 0.409. The van der Waals surface area contributed by atoms with E-state index in [1.54, 1.807) is 16.9 Å². The number of amides is 1. The first-order valence-corrected chi connectivity index (χ1v) is 10.0. The summed E-state index contributed by atoms with van der Waals surface area (Å²) in [5.41, 5.74) is 3.39. The Hall–Kier alpha value is -2.73. The van der Waals surface area contributed by atoms with Gasteiger partial charge in [0.2, 0.25) is 0 Å². The van der Waals surface area contributed by atoms with Crippen molar-refractivity contribution in [3.8, 4) is 0 Å². The molecule has 28 heavy (non-hydrogen) atoms. The van der Waals surface area contributed by atoms with Gasteiger partial charge in [-0.05, 0) is 49.1 Å². The van der Waals surface area contributed by atoms with E-state index in [2.05, 4.69) is 34.3 Å². The Morgan fingerprint density at radius 3 is 2.82 bits per heavy atom. The fourth-order valence-electron chi connectivity index (χ4n) is 3.99. The molecular formula is C22H26N4O2. The smallest absolute Gasteiger partial charge is 0.259 e. The van der Waals surface area contributed by atoms with E-state index in [0.717, 1.165) is 37.9 Å². The quantitative estimate of drug-likeness (QED) is 0.716. The van der Waals surface area contributed by atoms with Crippen molar-refractivity contribution in [3.63, 3.8) is 0 Å². The van der Waals surface area contributed by atoms with Gasteiger partial charge in [-0.1, -0.05) is 30.3 Å². The molecule has 1 atom stereocenters. The molecule has 2 aromatic heterocycles. The molecule has 0 radical (unpaired) electrons. The van der Waals surface area contributed by atoms with E-state index in [9.17, 15) is 4.79 Å². The molecule has 0 saturated carbocycles. The number of aliphatic hydroxyl groups is 1. The maximum absolute atomic E-state index is 13.1. The van der Waals surface area contributed by atoms with E-state index in [-0.39, 0.29) is 12.5 Å². The molecule has 0 bridgehead atoms. The number of hydrogen-bond donors (Lipinski definition) is 1. The number of benzene rings is 1. The van der Waals surface area contributed by atoms with Crippen molar-refractivity contribution in [3.05, 3.63) is 65.6 Å². The van der Waals surface area contributed by atoms with Gasteiger partial charge in [0.1, 0.15) is 5.56 Å². The van der Waals surface area contributed by atoms with Crippen LogP contribution in [0.5, 0.6) is 0 Å². The highest BCUT2D eigenvalue weighted by atomic mass is 16.3. The van der Waals surface area contributed by atoms with Gasteiger partial charge in [0.25, 0.3) is 5.91 Å². The number of piperidine rings is 1.